The maximum atomic E-state index is 12.6. The molecule has 7 nitrogen and oxygen atoms in total. The predicted octanol–water partition coefficient (Wildman–Crippen LogP) is 3.79. The van der Waals surface area contributed by atoms with Crippen molar-refractivity contribution in [2.45, 2.75) is 6.61 Å². The molecule has 0 aliphatic carbocycles. The Kier molecular flexibility index (Phi) is 5.94. The number of hydrogen-bond donors (Lipinski definition) is 1. The number of hydrogen-bond acceptors (Lipinski definition) is 5. The van der Waals surface area contributed by atoms with Gasteiger partial charge in [-0.1, -0.05) is 28.1 Å². The first-order valence-electron chi connectivity index (χ1n) is 9.24. The third kappa shape index (κ3) is 4.77. The summed E-state index contributed by atoms with van der Waals surface area (Å²) in [6, 6.07) is 18.0. The molecule has 1 aliphatic heterocycles. The van der Waals surface area contributed by atoms with Gasteiger partial charge in [0.25, 0.3) is 5.91 Å². The second-order valence-electron chi connectivity index (χ2n) is 6.57. The minimum atomic E-state index is -0.319. The number of ether oxygens (including phenoxy) is 2. The normalized spacial score (nSPS) is 12.7. The first kappa shape index (κ1) is 19.9. The molecule has 152 valence electrons. The van der Waals surface area contributed by atoms with Crippen molar-refractivity contribution >= 4 is 39.1 Å². The van der Waals surface area contributed by atoms with E-state index in [1.54, 1.807) is 48.7 Å². The van der Waals surface area contributed by atoms with E-state index in [-0.39, 0.29) is 25.0 Å². The zero-order valence-corrected chi connectivity index (χ0v) is 17.5. The average molecular weight is 468 g/mol. The maximum Gasteiger partial charge on any atom is 0.265 e. The van der Waals surface area contributed by atoms with E-state index in [0.29, 0.717) is 29.5 Å². The van der Waals surface area contributed by atoms with Crippen LogP contribution in [0.5, 0.6) is 11.5 Å². The lowest BCUT2D eigenvalue weighted by molar-refractivity contribution is -0.123. The van der Waals surface area contributed by atoms with Gasteiger partial charge in [0.05, 0.1) is 11.4 Å². The molecule has 4 rings (SSSR count). The molecule has 0 spiro atoms. The second kappa shape index (κ2) is 8.96. The smallest absolute Gasteiger partial charge is 0.265 e. The summed E-state index contributed by atoms with van der Waals surface area (Å²) in [6.45, 7) is 0.107. The number of carbonyl (C=O) groups excluding carboxylic acids is 2. The number of carbonyl (C=O) groups is 2. The largest absolute Gasteiger partial charge is 0.487 e. The summed E-state index contributed by atoms with van der Waals surface area (Å²) in [5, 5.41) is 2.81. The number of fused-ring (bicyclic) bond motifs is 1. The Morgan fingerprint density at radius 2 is 2.07 bits per heavy atom. The number of benzene rings is 2. The summed E-state index contributed by atoms with van der Waals surface area (Å²) < 4.78 is 12.0. The molecular weight excluding hydrogens is 450 g/mol. The van der Waals surface area contributed by atoms with Crippen molar-refractivity contribution in [2.75, 3.05) is 23.4 Å². The molecule has 1 N–H and O–H groups in total. The molecule has 0 unspecified atom stereocenters. The van der Waals surface area contributed by atoms with Gasteiger partial charge in [0, 0.05) is 22.4 Å². The van der Waals surface area contributed by atoms with Crippen molar-refractivity contribution in [3.8, 4) is 11.5 Å². The van der Waals surface area contributed by atoms with E-state index >= 15 is 0 Å². The average Bonchev–Trinajstić information content (AvgIpc) is 2.75. The zero-order valence-electron chi connectivity index (χ0n) is 15.9. The lowest BCUT2D eigenvalue weighted by Gasteiger charge is -2.29. The summed E-state index contributed by atoms with van der Waals surface area (Å²) in [4.78, 5) is 30.5. The molecule has 2 aromatic carbocycles. The lowest BCUT2D eigenvalue weighted by atomic mass is 10.2. The lowest BCUT2D eigenvalue weighted by Crippen LogP contribution is -2.43. The van der Waals surface area contributed by atoms with Crippen molar-refractivity contribution in [2.24, 2.45) is 0 Å². The maximum absolute atomic E-state index is 12.6. The SMILES string of the molecule is O=C(CN1C(=O)COc2cc(Br)ccc21)Nc1cccc(OCc2ccccn2)c1. The fourth-order valence-electron chi connectivity index (χ4n) is 3.00. The number of pyridine rings is 1. The van der Waals surface area contributed by atoms with Crippen molar-refractivity contribution < 1.29 is 19.1 Å². The Bertz CT molecular complexity index is 1070. The van der Waals surface area contributed by atoms with Crippen LogP contribution in [-0.2, 0) is 16.2 Å². The van der Waals surface area contributed by atoms with E-state index in [1.165, 1.54) is 4.90 Å². The number of rotatable bonds is 6. The molecule has 2 amide bonds. The van der Waals surface area contributed by atoms with Crippen molar-refractivity contribution in [3.05, 3.63) is 77.0 Å². The monoisotopic (exact) mass is 467 g/mol. The van der Waals surface area contributed by atoms with Crippen LogP contribution < -0.4 is 19.7 Å². The van der Waals surface area contributed by atoms with Gasteiger partial charge in [0.15, 0.2) is 6.61 Å². The van der Waals surface area contributed by atoms with Crippen LogP contribution in [0, 0.1) is 0 Å². The molecule has 0 bridgehead atoms. The molecule has 0 saturated carbocycles. The summed E-state index contributed by atoms with van der Waals surface area (Å²) >= 11 is 3.38. The molecule has 1 aromatic heterocycles. The molecule has 2 heterocycles. The van der Waals surface area contributed by atoms with Gasteiger partial charge in [-0.3, -0.25) is 19.5 Å². The van der Waals surface area contributed by atoms with Crippen molar-refractivity contribution in [1.82, 2.24) is 4.98 Å². The van der Waals surface area contributed by atoms with Gasteiger partial charge in [-0.25, -0.2) is 0 Å². The van der Waals surface area contributed by atoms with Crippen LogP contribution in [0.3, 0.4) is 0 Å². The number of amides is 2. The van der Waals surface area contributed by atoms with Crippen LogP contribution in [-0.4, -0.2) is 29.9 Å². The first-order chi connectivity index (χ1) is 14.6. The molecule has 0 fully saturated rings. The Morgan fingerprint density at radius 3 is 2.90 bits per heavy atom. The number of aromatic nitrogens is 1. The molecule has 1 aliphatic rings. The topological polar surface area (TPSA) is 80.8 Å². The van der Waals surface area contributed by atoms with E-state index in [4.69, 9.17) is 9.47 Å². The van der Waals surface area contributed by atoms with Gasteiger partial charge >= 0.3 is 0 Å². The van der Waals surface area contributed by atoms with Crippen molar-refractivity contribution in [1.29, 1.82) is 0 Å². The quantitative estimate of drug-likeness (QED) is 0.596. The molecule has 0 atom stereocenters. The Hall–Kier alpha value is -3.39. The van der Waals surface area contributed by atoms with E-state index in [9.17, 15) is 9.59 Å². The molecule has 8 heteroatoms. The highest BCUT2D eigenvalue weighted by Crippen LogP contribution is 2.34. The predicted molar refractivity (Wildman–Crippen MR) is 116 cm³/mol. The van der Waals surface area contributed by atoms with Crippen LogP contribution >= 0.6 is 15.9 Å². The highest BCUT2D eigenvalue weighted by molar-refractivity contribution is 9.10. The number of halogens is 1. The van der Waals surface area contributed by atoms with Gasteiger partial charge in [-0.15, -0.1) is 0 Å². The molecule has 3 aromatic rings. The van der Waals surface area contributed by atoms with Gasteiger partial charge in [0.2, 0.25) is 5.91 Å². The summed E-state index contributed by atoms with van der Waals surface area (Å²) in [5.74, 6) is 0.575. The molecule has 0 radical (unpaired) electrons. The van der Waals surface area contributed by atoms with E-state index < -0.39 is 0 Å². The number of nitrogens with zero attached hydrogens (tertiary/aromatic N) is 2. The molecular formula is C22H18BrN3O4. The molecule has 30 heavy (non-hydrogen) atoms. The molecule has 0 saturated heterocycles. The highest BCUT2D eigenvalue weighted by atomic mass is 79.9. The van der Waals surface area contributed by atoms with E-state index in [2.05, 4.69) is 26.2 Å². The summed E-state index contributed by atoms with van der Waals surface area (Å²) in [6.07, 6.45) is 1.71. The minimum Gasteiger partial charge on any atom is -0.487 e. The Balaban J connectivity index is 1.40. The fraction of sp³-hybridized carbons (Fsp3) is 0.136. The number of nitrogens with one attached hydrogen (secondary N) is 1. The van der Waals surface area contributed by atoms with E-state index in [0.717, 1.165) is 10.2 Å². The fourth-order valence-corrected chi connectivity index (χ4v) is 3.34. The van der Waals surface area contributed by atoms with Gasteiger partial charge in [-0.2, -0.15) is 0 Å². The first-order valence-corrected chi connectivity index (χ1v) is 10.0. The highest BCUT2D eigenvalue weighted by Gasteiger charge is 2.27. The number of anilines is 2. The van der Waals surface area contributed by atoms with Crippen molar-refractivity contribution in [3.63, 3.8) is 0 Å². The van der Waals surface area contributed by atoms with Gasteiger partial charge < -0.3 is 14.8 Å². The van der Waals surface area contributed by atoms with Crippen LogP contribution in [0.4, 0.5) is 11.4 Å². The van der Waals surface area contributed by atoms with Gasteiger partial charge in [0.1, 0.15) is 24.7 Å². The zero-order chi connectivity index (χ0) is 20.9. The van der Waals surface area contributed by atoms with Crippen LogP contribution in [0.1, 0.15) is 5.69 Å². The standard InChI is InChI=1S/C22H18BrN3O4/c23-15-7-8-19-20(10-15)30-14-22(28)26(19)12-21(27)25-16-5-3-6-18(11-16)29-13-17-4-1-2-9-24-17/h1-11H,12-14H2,(H,25,27). The Labute approximate surface area is 181 Å². The Morgan fingerprint density at radius 1 is 1.17 bits per heavy atom. The van der Waals surface area contributed by atoms with Crippen LogP contribution in [0.2, 0.25) is 0 Å². The van der Waals surface area contributed by atoms with Crippen LogP contribution in [0.15, 0.2) is 71.3 Å². The van der Waals surface area contributed by atoms with Gasteiger partial charge in [-0.05, 0) is 42.5 Å². The minimum absolute atomic E-state index is 0.104. The third-order valence-corrected chi connectivity index (χ3v) is 4.89. The van der Waals surface area contributed by atoms with E-state index in [1.807, 2.05) is 18.2 Å². The third-order valence-electron chi connectivity index (χ3n) is 4.40. The summed E-state index contributed by atoms with van der Waals surface area (Å²) in [7, 11) is 0. The second-order valence-corrected chi connectivity index (χ2v) is 7.48. The van der Waals surface area contributed by atoms with Crippen LogP contribution in [0.25, 0.3) is 0 Å². The summed E-state index contributed by atoms with van der Waals surface area (Å²) in [5.41, 5.74) is 1.95.